The molecule has 0 aliphatic heterocycles. The van der Waals surface area contributed by atoms with Crippen LogP contribution in [0.2, 0.25) is 25.7 Å². The molecule has 1 aromatic rings. The highest BCUT2D eigenvalue weighted by atomic mass is 28.3. The Bertz CT molecular complexity index is 348. The van der Waals surface area contributed by atoms with Gasteiger partial charge in [0.05, 0.1) is 0 Å². The van der Waals surface area contributed by atoms with E-state index in [0.717, 1.165) is 6.54 Å². The maximum absolute atomic E-state index is 3.60. The summed E-state index contributed by atoms with van der Waals surface area (Å²) in [5, 5.41) is 3.60. The van der Waals surface area contributed by atoms with Crippen molar-refractivity contribution in [1.82, 2.24) is 5.32 Å². The second-order valence-electron chi connectivity index (χ2n) is 6.94. The summed E-state index contributed by atoms with van der Waals surface area (Å²) >= 11 is 0. The highest BCUT2D eigenvalue weighted by molar-refractivity contribution is 6.76. The molecule has 0 aliphatic carbocycles. The first-order valence-electron chi connectivity index (χ1n) is 7.08. The van der Waals surface area contributed by atoms with Crippen molar-refractivity contribution >= 4 is 8.07 Å². The van der Waals surface area contributed by atoms with Crippen LogP contribution in [-0.4, -0.2) is 20.7 Å². The Labute approximate surface area is 114 Å². The summed E-state index contributed by atoms with van der Waals surface area (Å²) in [5.74, 6) is 0.666. The van der Waals surface area contributed by atoms with Gasteiger partial charge in [-0.15, -0.1) is 0 Å². The molecule has 0 spiro atoms. The van der Waals surface area contributed by atoms with Crippen molar-refractivity contribution in [3.63, 3.8) is 0 Å². The first-order valence-corrected chi connectivity index (χ1v) is 10.8. The number of nitrogens with one attached hydrogen (secondary N) is 1. The molecule has 0 bridgehead atoms. The number of rotatable bonds is 6. The Kier molecular flexibility index (Phi) is 5.61. The third-order valence-corrected chi connectivity index (χ3v) is 4.90. The Morgan fingerprint density at radius 1 is 1.06 bits per heavy atom. The molecule has 0 saturated heterocycles. The van der Waals surface area contributed by atoms with Gasteiger partial charge >= 0.3 is 0 Å². The van der Waals surface area contributed by atoms with Crippen molar-refractivity contribution in [3.05, 3.63) is 35.4 Å². The SMILES string of the molecule is Cc1ccc(C(CNC(C)C)C[Si](C)(C)C)cc1. The molecule has 1 atom stereocenters. The minimum Gasteiger partial charge on any atom is -0.314 e. The maximum atomic E-state index is 3.60. The molecule has 1 rings (SSSR count). The molecule has 1 N–H and O–H groups in total. The fourth-order valence-corrected chi connectivity index (χ4v) is 4.12. The van der Waals surface area contributed by atoms with Crippen molar-refractivity contribution in [2.24, 2.45) is 0 Å². The van der Waals surface area contributed by atoms with E-state index in [2.05, 4.69) is 70.0 Å². The maximum Gasteiger partial charge on any atom is 0.0449 e. The third-order valence-electron chi connectivity index (χ3n) is 3.18. The molecule has 0 amide bonds. The van der Waals surface area contributed by atoms with Crippen LogP contribution >= 0.6 is 0 Å². The van der Waals surface area contributed by atoms with Gasteiger partial charge in [0.15, 0.2) is 0 Å². The van der Waals surface area contributed by atoms with Gasteiger partial charge in [-0.05, 0) is 24.4 Å². The summed E-state index contributed by atoms with van der Waals surface area (Å²) < 4.78 is 0. The van der Waals surface area contributed by atoms with Crippen LogP contribution in [0.1, 0.15) is 30.9 Å². The standard InChI is InChI=1S/C16H29NSi/c1-13(2)17-11-16(12-18(4,5)6)15-9-7-14(3)8-10-15/h7-10,13,16-17H,11-12H2,1-6H3. The fourth-order valence-electron chi connectivity index (χ4n) is 2.26. The molecule has 18 heavy (non-hydrogen) atoms. The molecule has 0 saturated carbocycles. The summed E-state index contributed by atoms with van der Waals surface area (Å²) in [5.41, 5.74) is 2.85. The van der Waals surface area contributed by atoms with Gasteiger partial charge in [-0.1, -0.05) is 63.3 Å². The minimum absolute atomic E-state index is 0.569. The largest absolute Gasteiger partial charge is 0.314 e. The van der Waals surface area contributed by atoms with Gasteiger partial charge in [0.2, 0.25) is 0 Å². The highest BCUT2D eigenvalue weighted by Gasteiger charge is 2.21. The van der Waals surface area contributed by atoms with Crippen LogP contribution in [0.15, 0.2) is 24.3 Å². The lowest BCUT2D eigenvalue weighted by molar-refractivity contribution is 0.545. The normalized spacial score (nSPS) is 13.9. The van der Waals surface area contributed by atoms with Crippen molar-refractivity contribution in [2.45, 2.75) is 58.4 Å². The van der Waals surface area contributed by atoms with Crippen LogP contribution in [0.4, 0.5) is 0 Å². The number of hydrogen-bond donors (Lipinski definition) is 1. The van der Waals surface area contributed by atoms with E-state index in [-0.39, 0.29) is 0 Å². The molecule has 0 aliphatic rings. The van der Waals surface area contributed by atoms with E-state index in [0.29, 0.717) is 12.0 Å². The molecule has 1 unspecified atom stereocenters. The van der Waals surface area contributed by atoms with Crippen LogP contribution < -0.4 is 5.32 Å². The first-order chi connectivity index (χ1) is 8.28. The molecule has 0 aromatic heterocycles. The van der Waals surface area contributed by atoms with Gasteiger partial charge in [-0.3, -0.25) is 0 Å². The Hall–Kier alpha value is -0.603. The van der Waals surface area contributed by atoms with Crippen LogP contribution in [0.3, 0.4) is 0 Å². The lowest BCUT2D eigenvalue weighted by atomic mass is 9.99. The van der Waals surface area contributed by atoms with Crippen molar-refractivity contribution in [1.29, 1.82) is 0 Å². The molecule has 1 aromatic carbocycles. The average Bonchev–Trinajstić information content (AvgIpc) is 2.23. The smallest absolute Gasteiger partial charge is 0.0449 e. The number of benzene rings is 1. The fraction of sp³-hybridized carbons (Fsp3) is 0.625. The first kappa shape index (κ1) is 15.5. The van der Waals surface area contributed by atoms with Gasteiger partial charge in [0, 0.05) is 20.7 Å². The van der Waals surface area contributed by atoms with Crippen LogP contribution in [0.25, 0.3) is 0 Å². The molecular weight excluding hydrogens is 234 g/mol. The molecular formula is C16H29NSi. The van der Waals surface area contributed by atoms with Crippen LogP contribution in [0, 0.1) is 6.92 Å². The van der Waals surface area contributed by atoms with Crippen LogP contribution in [0.5, 0.6) is 0 Å². The third kappa shape index (κ3) is 5.83. The zero-order valence-corrected chi connectivity index (χ0v) is 13.9. The van der Waals surface area contributed by atoms with Crippen molar-refractivity contribution in [3.8, 4) is 0 Å². The van der Waals surface area contributed by atoms with E-state index >= 15 is 0 Å². The number of aryl methyl sites for hydroxylation is 1. The molecule has 102 valence electrons. The van der Waals surface area contributed by atoms with E-state index in [1.165, 1.54) is 17.2 Å². The topological polar surface area (TPSA) is 12.0 Å². The van der Waals surface area contributed by atoms with Gasteiger partial charge < -0.3 is 5.32 Å². The van der Waals surface area contributed by atoms with E-state index in [1.54, 1.807) is 0 Å². The summed E-state index contributed by atoms with van der Waals surface area (Å²) in [6, 6.07) is 11.0. The minimum atomic E-state index is -1.03. The van der Waals surface area contributed by atoms with Gasteiger partial charge in [-0.25, -0.2) is 0 Å². The molecule has 2 heteroatoms. The molecule has 1 nitrogen and oxygen atoms in total. The predicted octanol–water partition coefficient (Wildman–Crippen LogP) is 4.41. The van der Waals surface area contributed by atoms with Gasteiger partial charge in [0.1, 0.15) is 0 Å². The predicted molar refractivity (Wildman–Crippen MR) is 85.2 cm³/mol. The lowest BCUT2D eigenvalue weighted by Crippen LogP contribution is -2.32. The molecule has 0 heterocycles. The second kappa shape index (κ2) is 6.53. The van der Waals surface area contributed by atoms with Gasteiger partial charge in [0.25, 0.3) is 0 Å². The average molecular weight is 264 g/mol. The summed E-state index contributed by atoms with van der Waals surface area (Å²) in [6.45, 7) is 15.1. The van der Waals surface area contributed by atoms with E-state index < -0.39 is 8.07 Å². The monoisotopic (exact) mass is 263 g/mol. The molecule has 0 radical (unpaired) electrons. The van der Waals surface area contributed by atoms with Gasteiger partial charge in [-0.2, -0.15) is 0 Å². The molecule has 0 fully saturated rings. The van der Waals surface area contributed by atoms with Crippen molar-refractivity contribution in [2.75, 3.05) is 6.54 Å². The Morgan fingerprint density at radius 2 is 1.61 bits per heavy atom. The van der Waals surface area contributed by atoms with E-state index in [4.69, 9.17) is 0 Å². The summed E-state index contributed by atoms with van der Waals surface area (Å²) in [4.78, 5) is 0. The number of hydrogen-bond acceptors (Lipinski definition) is 1. The lowest BCUT2D eigenvalue weighted by Gasteiger charge is -2.26. The second-order valence-corrected chi connectivity index (χ2v) is 12.5. The van der Waals surface area contributed by atoms with Crippen molar-refractivity contribution < 1.29 is 0 Å². The van der Waals surface area contributed by atoms with E-state index in [9.17, 15) is 0 Å². The zero-order valence-electron chi connectivity index (χ0n) is 12.9. The van der Waals surface area contributed by atoms with E-state index in [1.807, 2.05) is 0 Å². The van der Waals surface area contributed by atoms with Crippen LogP contribution in [-0.2, 0) is 0 Å². The Morgan fingerprint density at radius 3 is 2.06 bits per heavy atom. The zero-order chi connectivity index (χ0) is 13.8. The Balaban J connectivity index is 2.79. The quantitative estimate of drug-likeness (QED) is 0.749. The summed E-state index contributed by atoms with van der Waals surface area (Å²) in [6.07, 6.45) is 0. The summed E-state index contributed by atoms with van der Waals surface area (Å²) in [7, 11) is -1.03. The highest BCUT2D eigenvalue weighted by Crippen LogP contribution is 2.26.